The van der Waals surface area contributed by atoms with Crippen LogP contribution in [0, 0.1) is 0 Å². The molecule has 0 atom stereocenters. The molecule has 2 amide bonds. The van der Waals surface area contributed by atoms with E-state index in [1.807, 2.05) is 41.4 Å². The highest BCUT2D eigenvalue weighted by Crippen LogP contribution is 2.23. The maximum absolute atomic E-state index is 12.5. The molecule has 0 unspecified atom stereocenters. The van der Waals surface area contributed by atoms with Crippen molar-refractivity contribution in [3.05, 3.63) is 42.9 Å². The van der Waals surface area contributed by atoms with Crippen molar-refractivity contribution in [3.63, 3.8) is 0 Å². The van der Waals surface area contributed by atoms with Gasteiger partial charge in [-0.2, -0.15) is 0 Å². The van der Waals surface area contributed by atoms with E-state index >= 15 is 0 Å². The Hall–Kier alpha value is -3.29. The van der Waals surface area contributed by atoms with E-state index in [4.69, 9.17) is 4.74 Å². The molecule has 1 fully saturated rings. The lowest BCUT2D eigenvalue weighted by atomic mass is 10.2. The van der Waals surface area contributed by atoms with Crippen molar-refractivity contribution in [1.29, 1.82) is 0 Å². The molecule has 1 saturated heterocycles. The molecule has 2 N–H and O–H groups in total. The highest BCUT2D eigenvalue weighted by atomic mass is 16.5. The van der Waals surface area contributed by atoms with E-state index in [9.17, 15) is 4.79 Å². The van der Waals surface area contributed by atoms with Crippen LogP contribution in [0.15, 0.2) is 42.9 Å². The van der Waals surface area contributed by atoms with Gasteiger partial charge in [-0.15, -0.1) is 0 Å². The van der Waals surface area contributed by atoms with Gasteiger partial charge in [0.2, 0.25) is 0 Å². The summed E-state index contributed by atoms with van der Waals surface area (Å²) in [5, 5.41) is 3.93. The van der Waals surface area contributed by atoms with Gasteiger partial charge in [-0.3, -0.25) is 0 Å². The van der Waals surface area contributed by atoms with Gasteiger partial charge in [0.05, 0.1) is 12.5 Å². The number of hydrogen-bond donors (Lipinski definition) is 2. The van der Waals surface area contributed by atoms with Gasteiger partial charge in [0.1, 0.15) is 23.5 Å². The van der Waals surface area contributed by atoms with Crippen molar-refractivity contribution in [1.82, 2.24) is 19.9 Å². The number of carbonyl (C=O) groups excluding carboxylic acids is 1. The molecule has 4 rings (SSSR count). The zero-order chi connectivity index (χ0) is 17.9. The minimum absolute atomic E-state index is 0.0932. The molecule has 3 aromatic rings. The third-order valence-corrected chi connectivity index (χ3v) is 4.54. The van der Waals surface area contributed by atoms with Crippen LogP contribution in [-0.2, 0) is 0 Å². The summed E-state index contributed by atoms with van der Waals surface area (Å²) < 4.78 is 5.13. The van der Waals surface area contributed by atoms with Crippen molar-refractivity contribution in [2.75, 3.05) is 43.5 Å². The van der Waals surface area contributed by atoms with E-state index in [1.54, 1.807) is 13.4 Å². The first-order valence-electron chi connectivity index (χ1n) is 8.47. The minimum Gasteiger partial charge on any atom is -0.497 e. The molecule has 0 bridgehead atoms. The summed E-state index contributed by atoms with van der Waals surface area (Å²) in [6.07, 6.45) is 3.43. The highest BCUT2D eigenvalue weighted by Gasteiger charge is 2.23. The SMILES string of the molecule is COc1ccc(NC(=O)N2CCN(c3ncnc4[nH]ccc34)CC2)cc1. The molecule has 1 aliphatic heterocycles. The Morgan fingerprint density at radius 3 is 2.62 bits per heavy atom. The molecule has 1 aromatic carbocycles. The van der Waals surface area contributed by atoms with Crippen LogP contribution in [0.5, 0.6) is 5.75 Å². The summed E-state index contributed by atoms with van der Waals surface area (Å²) in [5.41, 5.74) is 1.58. The molecule has 8 nitrogen and oxygen atoms in total. The average molecular weight is 352 g/mol. The Labute approximate surface area is 150 Å². The van der Waals surface area contributed by atoms with E-state index in [0.29, 0.717) is 13.1 Å². The molecule has 134 valence electrons. The number of ether oxygens (including phenoxy) is 1. The molecule has 2 aromatic heterocycles. The monoisotopic (exact) mass is 352 g/mol. The Balaban J connectivity index is 1.38. The van der Waals surface area contributed by atoms with Crippen LogP contribution in [0.3, 0.4) is 0 Å². The van der Waals surface area contributed by atoms with Crippen LogP contribution >= 0.6 is 0 Å². The van der Waals surface area contributed by atoms with Gasteiger partial charge in [-0.1, -0.05) is 0 Å². The summed E-state index contributed by atoms with van der Waals surface area (Å²) in [7, 11) is 1.62. The molecule has 8 heteroatoms. The molecule has 0 radical (unpaired) electrons. The van der Waals surface area contributed by atoms with Gasteiger partial charge in [0, 0.05) is 38.1 Å². The first-order chi connectivity index (χ1) is 12.7. The number of aromatic amines is 1. The maximum Gasteiger partial charge on any atom is 0.321 e. The van der Waals surface area contributed by atoms with Gasteiger partial charge in [-0.25, -0.2) is 14.8 Å². The molecule has 0 aliphatic carbocycles. The third kappa shape index (κ3) is 3.13. The minimum atomic E-state index is -0.0932. The summed E-state index contributed by atoms with van der Waals surface area (Å²) >= 11 is 0. The second-order valence-electron chi connectivity index (χ2n) is 6.07. The topological polar surface area (TPSA) is 86.4 Å². The Kier molecular flexibility index (Phi) is 4.30. The fraction of sp³-hybridized carbons (Fsp3) is 0.278. The van der Waals surface area contributed by atoms with E-state index in [0.717, 1.165) is 41.4 Å². The second kappa shape index (κ2) is 6.91. The van der Waals surface area contributed by atoms with Crippen molar-refractivity contribution < 1.29 is 9.53 Å². The van der Waals surface area contributed by atoms with E-state index in [2.05, 4.69) is 25.2 Å². The number of benzene rings is 1. The number of amides is 2. The highest BCUT2D eigenvalue weighted by molar-refractivity contribution is 5.90. The summed E-state index contributed by atoms with van der Waals surface area (Å²) in [6, 6.07) is 9.19. The predicted octanol–water partition coefficient (Wildman–Crippen LogP) is 2.32. The third-order valence-electron chi connectivity index (χ3n) is 4.54. The largest absolute Gasteiger partial charge is 0.497 e. The number of carbonyl (C=O) groups is 1. The van der Waals surface area contributed by atoms with Crippen molar-refractivity contribution in [2.45, 2.75) is 0 Å². The molecule has 1 aliphatic rings. The molecule has 0 saturated carbocycles. The van der Waals surface area contributed by atoms with Gasteiger partial charge in [-0.05, 0) is 30.3 Å². The summed E-state index contributed by atoms with van der Waals surface area (Å²) in [5.74, 6) is 1.67. The van der Waals surface area contributed by atoms with Crippen molar-refractivity contribution in [2.24, 2.45) is 0 Å². The second-order valence-corrected chi connectivity index (χ2v) is 6.07. The number of methoxy groups -OCH3 is 1. The van der Waals surface area contributed by atoms with Crippen LogP contribution in [0.2, 0.25) is 0 Å². The lowest BCUT2D eigenvalue weighted by molar-refractivity contribution is 0.208. The maximum atomic E-state index is 12.5. The molecule has 3 heterocycles. The number of urea groups is 1. The van der Waals surface area contributed by atoms with Crippen molar-refractivity contribution >= 4 is 28.6 Å². The Morgan fingerprint density at radius 2 is 1.88 bits per heavy atom. The van der Waals surface area contributed by atoms with Gasteiger partial charge in [0.15, 0.2) is 0 Å². The fourth-order valence-corrected chi connectivity index (χ4v) is 3.11. The van der Waals surface area contributed by atoms with Gasteiger partial charge < -0.3 is 24.8 Å². The normalized spacial score (nSPS) is 14.5. The number of nitrogens with zero attached hydrogens (tertiary/aromatic N) is 4. The van der Waals surface area contributed by atoms with Crippen LogP contribution in [0.4, 0.5) is 16.3 Å². The van der Waals surface area contributed by atoms with Gasteiger partial charge in [0.25, 0.3) is 0 Å². The Bertz CT molecular complexity index is 899. The zero-order valence-electron chi connectivity index (χ0n) is 14.5. The number of aromatic nitrogens is 3. The van der Waals surface area contributed by atoms with Gasteiger partial charge >= 0.3 is 6.03 Å². The number of nitrogens with one attached hydrogen (secondary N) is 2. The first kappa shape index (κ1) is 16.2. The molecular weight excluding hydrogens is 332 g/mol. The number of fused-ring (bicyclic) bond motifs is 1. The summed E-state index contributed by atoms with van der Waals surface area (Å²) in [4.78, 5) is 28.2. The van der Waals surface area contributed by atoms with Crippen LogP contribution in [0.25, 0.3) is 11.0 Å². The summed E-state index contributed by atoms with van der Waals surface area (Å²) in [6.45, 7) is 2.73. The molecule has 26 heavy (non-hydrogen) atoms. The smallest absolute Gasteiger partial charge is 0.321 e. The number of rotatable bonds is 3. The van der Waals surface area contributed by atoms with Crippen LogP contribution in [0.1, 0.15) is 0 Å². The van der Waals surface area contributed by atoms with Crippen LogP contribution in [-0.4, -0.2) is 59.2 Å². The number of hydrogen-bond acceptors (Lipinski definition) is 5. The number of piperazine rings is 1. The fourth-order valence-electron chi connectivity index (χ4n) is 3.11. The molecule has 0 spiro atoms. The predicted molar refractivity (Wildman–Crippen MR) is 99.7 cm³/mol. The first-order valence-corrected chi connectivity index (χ1v) is 8.47. The quantitative estimate of drug-likeness (QED) is 0.755. The van der Waals surface area contributed by atoms with Crippen molar-refractivity contribution in [3.8, 4) is 5.75 Å². The van der Waals surface area contributed by atoms with E-state index in [1.165, 1.54) is 0 Å². The zero-order valence-corrected chi connectivity index (χ0v) is 14.5. The van der Waals surface area contributed by atoms with E-state index in [-0.39, 0.29) is 6.03 Å². The average Bonchev–Trinajstić information content (AvgIpc) is 3.17. The molecular formula is C18H20N6O2. The Morgan fingerprint density at radius 1 is 1.12 bits per heavy atom. The lowest BCUT2D eigenvalue weighted by Gasteiger charge is -2.35. The number of anilines is 2. The lowest BCUT2D eigenvalue weighted by Crippen LogP contribution is -2.50. The standard InChI is InChI=1S/C18H20N6O2/c1-26-14-4-2-13(3-5-14)22-18(25)24-10-8-23(9-11-24)17-15-6-7-19-16(15)20-12-21-17/h2-7,12H,8-11H2,1H3,(H,22,25)(H,19,20,21). The van der Waals surface area contributed by atoms with E-state index < -0.39 is 0 Å². The number of H-pyrrole nitrogens is 1. The van der Waals surface area contributed by atoms with Crippen LogP contribution < -0.4 is 15.0 Å².